The Morgan fingerprint density at radius 1 is 0.750 bits per heavy atom. The molecule has 0 spiro atoms. The first-order valence-electron chi connectivity index (χ1n) is 14.9. The maximum absolute atomic E-state index is 12.6. The van der Waals surface area contributed by atoms with Crippen molar-refractivity contribution in [3.63, 3.8) is 0 Å². The molecule has 0 aliphatic carbocycles. The standard InChI is InChI=1S/C36H39BrN2O5/c1-4-7-11-26-14-17-30(18-15-26)36(40)39-38-23-29-20-31(37)35(34(22-29)42-6-3)44-25-28-16-19-32(33(21-28)41-5-2)43-24-27-12-9-8-10-13-27/h8-10,12-23H,4-7,11,24-25H2,1-3H3,(H,39,40)/b38-23+. The molecule has 1 N–H and O–H groups in total. The topological polar surface area (TPSA) is 78.4 Å². The van der Waals surface area contributed by atoms with Crippen molar-refractivity contribution in [2.24, 2.45) is 5.10 Å². The maximum atomic E-state index is 12.6. The highest BCUT2D eigenvalue weighted by molar-refractivity contribution is 9.10. The van der Waals surface area contributed by atoms with Crippen LogP contribution in [-0.2, 0) is 19.6 Å². The molecular formula is C36H39BrN2O5. The van der Waals surface area contributed by atoms with Crippen LogP contribution in [0.1, 0.15) is 66.2 Å². The number of amides is 1. The fourth-order valence-corrected chi connectivity index (χ4v) is 4.99. The van der Waals surface area contributed by atoms with Gasteiger partial charge in [-0.2, -0.15) is 5.10 Å². The minimum absolute atomic E-state index is 0.268. The van der Waals surface area contributed by atoms with Gasteiger partial charge >= 0.3 is 0 Å². The molecule has 8 heteroatoms. The van der Waals surface area contributed by atoms with Gasteiger partial charge in [-0.15, -0.1) is 0 Å². The van der Waals surface area contributed by atoms with Gasteiger partial charge in [0, 0.05) is 5.56 Å². The molecule has 230 valence electrons. The highest BCUT2D eigenvalue weighted by Gasteiger charge is 2.14. The van der Waals surface area contributed by atoms with Crippen LogP contribution in [0.15, 0.2) is 94.5 Å². The smallest absolute Gasteiger partial charge is 0.271 e. The number of unbranched alkanes of at least 4 members (excludes halogenated alkanes) is 1. The summed E-state index contributed by atoms with van der Waals surface area (Å²) in [6.45, 7) is 7.73. The van der Waals surface area contributed by atoms with Gasteiger partial charge < -0.3 is 18.9 Å². The van der Waals surface area contributed by atoms with Crippen molar-refractivity contribution < 1.29 is 23.7 Å². The Hall–Kier alpha value is -4.30. The highest BCUT2D eigenvalue weighted by atomic mass is 79.9. The van der Waals surface area contributed by atoms with Crippen molar-refractivity contribution in [1.29, 1.82) is 0 Å². The molecule has 0 saturated carbocycles. The fourth-order valence-electron chi connectivity index (χ4n) is 4.42. The summed E-state index contributed by atoms with van der Waals surface area (Å²) in [5.74, 6) is 2.20. The lowest BCUT2D eigenvalue weighted by atomic mass is 10.1. The van der Waals surface area contributed by atoms with E-state index in [1.54, 1.807) is 6.21 Å². The van der Waals surface area contributed by atoms with E-state index >= 15 is 0 Å². The zero-order valence-corrected chi connectivity index (χ0v) is 27.1. The molecule has 0 aliphatic heterocycles. The molecule has 7 nitrogen and oxygen atoms in total. The third-order valence-electron chi connectivity index (χ3n) is 6.67. The number of nitrogens with zero attached hydrogens (tertiary/aromatic N) is 1. The maximum Gasteiger partial charge on any atom is 0.271 e. The summed E-state index contributed by atoms with van der Waals surface area (Å²) in [5, 5.41) is 4.16. The van der Waals surface area contributed by atoms with Crippen molar-refractivity contribution in [3.8, 4) is 23.0 Å². The van der Waals surface area contributed by atoms with Crippen molar-refractivity contribution in [3.05, 3.63) is 117 Å². The SMILES string of the molecule is CCCCc1ccc(C(=O)N/N=C/c2cc(Br)c(OCc3ccc(OCc4ccccc4)c(OCC)c3)c(OCC)c2)cc1. The van der Waals surface area contributed by atoms with Crippen LogP contribution in [0, 0.1) is 0 Å². The Labute approximate surface area is 268 Å². The van der Waals surface area contributed by atoms with Gasteiger partial charge in [0.25, 0.3) is 5.91 Å². The second-order valence-corrected chi connectivity index (χ2v) is 10.9. The average molecular weight is 660 g/mol. The van der Waals surface area contributed by atoms with Gasteiger partial charge in [-0.1, -0.05) is 61.9 Å². The summed E-state index contributed by atoms with van der Waals surface area (Å²) in [7, 11) is 0. The van der Waals surface area contributed by atoms with E-state index in [9.17, 15) is 4.79 Å². The summed E-state index contributed by atoms with van der Waals surface area (Å²) < 4.78 is 24.7. The molecule has 0 radical (unpaired) electrons. The first-order valence-corrected chi connectivity index (χ1v) is 15.7. The Morgan fingerprint density at radius 3 is 2.18 bits per heavy atom. The average Bonchev–Trinajstić information content (AvgIpc) is 3.04. The summed E-state index contributed by atoms with van der Waals surface area (Å²) in [4.78, 5) is 12.6. The van der Waals surface area contributed by atoms with E-state index in [2.05, 4.69) is 33.4 Å². The van der Waals surface area contributed by atoms with Crippen LogP contribution < -0.4 is 24.4 Å². The number of carbonyl (C=O) groups excluding carboxylic acids is 1. The van der Waals surface area contributed by atoms with E-state index in [4.69, 9.17) is 18.9 Å². The predicted octanol–water partition coefficient (Wildman–Crippen LogP) is 8.51. The zero-order valence-electron chi connectivity index (χ0n) is 25.5. The summed E-state index contributed by atoms with van der Waals surface area (Å²) in [5.41, 5.74) is 7.12. The number of rotatable bonds is 16. The molecule has 4 aromatic carbocycles. The summed E-state index contributed by atoms with van der Waals surface area (Å²) in [6, 6.07) is 27.1. The van der Waals surface area contributed by atoms with Crippen LogP contribution in [0.3, 0.4) is 0 Å². The van der Waals surface area contributed by atoms with Gasteiger partial charge in [0.1, 0.15) is 13.2 Å². The molecule has 0 heterocycles. The first kappa shape index (κ1) is 32.6. The van der Waals surface area contributed by atoms with Crippen LogP contribution in [-0.4, -0.2) is 25.3 Å². The Balaban J connectivity index is 1.40. The number of hydrogen-bond donors (Lipinski definition) is 1. The Morgan fingerprint density at radius 2 is 1.45 bits per heavy atom. The van der Waals surface area contributed by atoms with Crippen molar-refractivity contribution in [1.82, 2.24) is 5.43 Å². The number of nitrogens with one attached hydrogen (secondary N) is 1. The molecule has 0 unspecified atom stereocenters. The van der Waals surface area contributed by atoms with Gasteiger partial charge in [-0.3, -0.25) is 4.79 Å². The van der Waals surface area contributed by atoms with Crippen molar-refractivity contribution >= 4 is 28.1 Å². The molecule has 0 atom stereocenters. The number of hydrazone groups is 1. The molecule has 4 aromatic rings. The van der Waals surface area contributed by atoms with E-state index < -0.39 is 0 Å². The zero-order chi connectivity index (χ0) is 31.1. The van der Waals surface area contributed by atoms with E-state index in [-0.39, 0.29) is 5.91 Å². The number of ether oxygens (including phenoxy) is 4. The minimum Gasteiger partial charge on any atom is -0.490 e. The van der Waals surface area contributed by atoms with E-state index in [1.807, 2.05) is 98.8 Å². The normalized spacial score (nSPS) is 10.9. The molecule has 4 rings (SSSR count). The number of aryl methyl sites for hydroxylation is 1. The number of hydrogen-bond acceptors (Lipinski definition) is 6. The molecule has 0 aromatic heterocycles. The molecule has 0 fully saturated rings. The number of halogens is 1. The molecule has 0 aliphatic rings. The Kier molecular flexibility index (Phi) is 12.7. The second kappa shape index (κ2) is 17.1. The fraction of sp³-hybridized carbons (Fsp3) is 0.278. The van der Waals surface area contributed by atoms with Gasteiger partial charge in [0.15, 0.2) is 23.0 Å². The van der Waals surface area contributed by atoms with Crippen LogP contribution in [0.5, 0.6) is 23.0 Å². The molecule has 1 amide bonds. The quantitative estimate of drug-likeness (QED) is 0.0964. The molecular weight excluding hydrogens is 620 g/mol. The van der Waals surface area contributed by atoms with Gasteiger partial charge in [0.2, 0.25) is 0 Å². The minimum atomic E-state index is -0.268. The molecule has 0 bridgehead atoms. The van der Waals surface area contributed by atoms with E-state index in [0.717, 1.165) is 36.0 Å². The van der Waals surface area contributed by atoms with Gasteiger partial charge in [-0.05, 0) is 101 Å². The van der Waals surface area contributed by atoms with Gasteiger partial charge in [0.05, 0.1) is 23.9 Å². The lowest BCUT2D eigenvalue weighted by Crippen LogP contribution is -2.17. The molecule has 44 heavy (non-hydrogen) atoms. The lowest BCUT2D eigenvalue weighted by Gasteiger charge is -2.16. The summed E-state index contributed by atoms with van der Waals surface area (Å²) in [6.07, 6.45) is 4.86. The van der Waals surface area contributed by atoms with E-state index in [0.29, 0.717) is 59.5 Å². The summed E-state index contributed by atoms with van der Waals surface area (Å²) >= 11 is 3.62. The van der Waals surface area contributed by atoms with E-state index in [1.165, 1.54) is 5.56 Å². The molecule has 0 saturated heterocycles. The van der Waals surface area contributed by atoms with Crippen molar-refractivity contribution in [2.75, 3.05) is 13.2 Å². The lowest BCUT2D eigenvalue weighted by molar-refractivity contribution is 0.0955. The van der Waals surface area contributed by atoms with Crippen LogP contribution in [0.25, 0.3) is 0 Å². The first-order chi connectivity index (χ1) is 21.5. The third-order valence-corrected chi connectivity index (χ3v) is 7.26. The second-order valence-electron chi connectivity index (χ2n) is 10.0. The monoisotopic (exact) mass is 658 g/mol. The number of carbonyl (C=O) groups is 1. The van der Waals surface area contributed by atoms with Crippen LogP contribution >= 0.6 is 15.9 Å². The van der Waals surface area contributed by atoms with Crippen molar-refractivity contribution in [2.45, 2.75) is 53.2 Å². The predicted molar refractivity (Wildman–Crippen MR) is 178 cm³/mol. The highest BCUT2D eigenvalue weighted by Crippen LogP contribution is 2.38. The Bertz CT molecular complexity index is 1520. The van der Waals surface area contributed by atoms with Crippen LogP contribution in [0.2, 0.25) is 0 Å². The van der Waals surface area contributed by atoms with Crippen LogP contribution in [0.4, 0.5) is 0 Å². The third kappa shape index (κ3) is 9.61. The number of benzene rings is 4. The van der Waals surface area contributed by atoms with Gasteiger partial charge in [-0.25, -0.2) is 5.43 Å². The largest absolute Gasteiger partial charge is 0.490 e.